The predicted molar refractivity (Wildman–Crippen MR) is 39.7 cm³/mol. The number of hydrogen-bond acceptors (Lipinski definition) is 2. The minimum absolute atomic E-state index is 0.238. The van der Waals surface area contributed by atoms with E-state index in [2.05, 4.69) is 11.1 Å². The molecule has 0 unspecified atom stereocenters. The first-order chi connectivity index (χ1) is 5.28. The van der Waals surface area contributed by atoms with E-state index in [4.69, 9.17) is 5.26 Å². The lowest BCUT2D eigenvalue weighted by atomic mass is 10.1. The molecule has 1 aromatic heterocycles. The van der Waals surface area contributed by atoms with Crippen molar-refractivity contribution in [2.45, 2.75) is 18.3 Å². The van der Waals surface area contributed by atoms with Crippen LogP contribution in [-0.2, 0) is 12.5 Å². The zero-order valence-electron chi connectivity index (χ0n) is 6.41. The standard InChI is InChI=1S/C8H9N3/c1-11-5-4-10-7(11)8(6-9)2-3-8/h4-5H,2-3H2,1H3. The summed E-state index contributed by atoms with van der Waals surface area (Å²) in [6, 6.07) is 2.31. The van der Waals surface area contributed by atoms with Gasteiger partial charge in [-0.25, -0.2) is 4.98 Å². The molecule has 0 spiro atoms. The molecule has 0 bridgehead atoms. The Morgan fingerprint density at radius 2 is 2.45 bits per heavy atom. The average Bonchev–Trinajstić information content (AvgIpc) is 2.70. The number of aromatic nitrogens is 2. The number of hydrogen-bond donors (Lipinski definition) is 0. The van der Waals surface area contributed by atoms with Gasteiger partial charge in [0.25, 0.3) is 0 Å². The van der Waals surface area contributed by atoms with Crippen molar-refractivity contribution in [3.63, 3.8) is 0 Å². The molecular weight excluding hydrogens is 138 g/mol. The SMILES string of the molecule is Cn1ccnc1C1(C#N)CC1. The molecule has 0 amide bonds. The molecule has 1 aliphatic rings. The van der Waals surface area contributed by atoms with Crippen LogP contribution >= 0.6 is 0 Å². The summed E-state index contributed by atoms with van der Waals surface area (Å²) < 4.78 is 1.93. The van der Waals surface area contributed by atoms with Crippen molar-refractivity contribution >= 4 is 0 Å². The minimum Gasteiger partial charge on any atom is -0.337 e. The molecule has 11 heavy (non-hydrogen) atoms. The summed E-state index contributed by atoms with van der Waals surface area (Å²) in [6.45, 7) is 0. The van der Waals surface area contributed by atoms with E-state index in [9.17, 15) is 0 Å². The monoisotopic (exact) mass is 147 g/mol. The summed E-state index contributed by atoms with van der Waals surface area (Å²) in [4.78, 5) is 4.16. The van der Waals surface area contributed by atoms with Crippen LogP contribution in [-0.4, -0.2) is 9.55 Å². The molecule has 0 saturated heterocycles. The molecular formula is C8H9N3. The van der Waals surface area contributed by atoms with E-state index in [0.717, 1.165) is 18.7 Å². The second-order valence-corrected chi connectivity index (χ2v) is 3.06. The largest absolute Gasteiger partial charge is 0.337 e. The summed E-state index contributed by atoms with van der Waals surface area (Å²) in [5.41, 5.74) is -0.238. The third-order valence-electron chi connectivity index (χ3n) is 2.21. The lowest BCUT2D eigenvalue weighted by Crippen LogP contribution is -2.09. The molecule has 3 heteroatoms. The first-order valence-corrected chi connectivity index (χ1v) is 3.67. The highest BCUT2D eigenvalue weighted by Crippen LogP contribution is 2.46. The van der Waals surface area contributed by atoms with Crippen molar-refractivity contribution in [3.8, 4) is 6.07 Å². The molecule has 0 radical (unpaired) electrons. The first-order valence-electron chi connectivity index (χ1n) is 3.67. The number of aryl methyl sites for hydroxylation is 1. The Bertz CT molecular complexity index is 314. The fourth-order valence-corrected chi connectivity index (χ4v) is 1.34. The molecule has 0 atom stereocenters. The predicted octanol–water partition coefficient (Wildman–Crippen LogP) is 0.975. The maximum absolute atomic E-state index is 8.85. The maximum atomic E-state index is 8.85. The smallest absolute Gasteiger partial charge is 0.128 e. The third-order valence-corrected chi connectivity index (χ3v) is 2.21. The lowest BCUT2D eigenvalue weighted by molar-refractivity contribution is 0.723. The van der Waals surface area contributed by atoms with Gasteiger partial charge in [-0.1, -0.05) is 0 Å². The molecule has 0 aromatic carbocycles. The number of rotatable bonds is 1. The normalized spacial score (nSPS) is 19.3. The second kappa shape index (κ2) is 1.85. The highest BCUT2D eigenvalue weighted by atomic mass is 15.1. The van der Waals surface area contributed by atoms with Gasteiger partial charge in [0.15, 0.2) is 0 Å². The van der Waals surface area contributed by atoms with Crippen LogP contribution in [0.5, 0.6) is 0 Å². The van der Waals surface area contributed by atoms with Crippen LogP contribution in [0.4, 0.5) is 0 Å². The molecule has 1 heterocycles. The molecule has 1 aliphatic carbocycles. The van der Waals surface area contributed by atoms with Gasteiger partial charge >= 0.3 is 0 Å². The topological polar surface area (TPSA) is 41.6 Å². The van der Waals surface area contributed by atoms with Gasteiger partial charge in [0.2, 0.25) is 0 Å². The number of nitrogens with zero attached hydrogens (tertiary/aromatic N) is 3. The Morgan fingerprint density at radius 1 is 1.73 bits per heavy atom. The maximum Gasteiger partial charge on any atom is 0.128 e. The van der Waals surface area contributed by atoms with Crippen molar-refractivity contribution in [2.75, 3.05) is 0 Å². The van der Waals surface area contributed by atoms with Crippen LogP contribution in [0.1, 0.15) is 18.7 Å². The van der Waals surface area contributed by atoms with E-state index < -0.39 is 0 Å². The minimum atomic E-state index is -0.238. The van der Waals surface area contributed by atoms with Gasteiger partial charge in [0.05, 0.1) is 6.07 Å². The zero-order chi connectivity index (χ0) is 7.90. The van der Waals surface area contributed by atoms with Crippen LogP contribution in [0.25, 0.3) is 0 Å². The molecule has 2 rings (SSSR count). The van der Waals surface area contributed by atoms with E-state index in [0.29, 0.717) is 0 Å². The van der Waals surface area contributed by atoms with Gasteiger partial charge in [0.1, 0.15) is 11.2 Å². The molecule has 56 valence electrons. The van der Waals surface area contributed by atoms with Gasteiger partial charge in [-0.2, -0.15) is 5.26 Å². The van der Waals surface area contributed by atoms with Crippen molar-refractivity contribution in [3.05, 3.63) is 18.2 Å². The average molecular weight is 147 g/mol. The van der Waals surface area contributed by atoms with Crippen LogP contribution in [0, 0.1) is 11.3 Å². The van der Waals surface area contributed by atoms with Gasteiger partial charge in [0, 0.05) is 19.4 Å². The number of imidazole rings is 1. The van der Waals surface area contributed by atoms with E-state index in [1.165, 1.54) is 0 Å². The van der Waals surface area contributed by atoms with Crippen molar-refractivity contribution in [2.24, 2.45) is 7.05 Å². The second-order valence-electron chi connectivity index (χ2n) is 3.06. The fourth-order valence-electron chi connectivity index (χ4n) is 1.34. The summed E-state index contributed by atoms with van der Waals surface area (Å²) in [6.07, 6.45) is 5.56. The van der Waals surface area contributed by atoms with Crippen molar-refractivity contribution < 1.29 is 0 Å². The quantitative estimate of drug-likeness (QED) is 0.594. The van der Waals surface area contributed by atoms with Crippen molar-refractivity contribution in [1.29, 1.82) is 5.26 Å². The molecule has 1 saturated carbocycles. The lowest BCUT2D eigenvalue weighted by Gasteiger charge is -2.03. The van der Waals surface area contributed by atoms with E-state index >= 15 is 0 Å². The first kappa shape index (κ1) is 6.41. The molecule has 0 N–H and O–H groups in total. The highest BCUT2D eigenvalue weighted by Gasteiger charge is 2.48. The van der Waals surface area contributed by atoms with Gasteiger partial charge in [-0.05, 0) is 12.8 Å². The van der Waals surface area contributed by atoms with Crippen LogP contribution < -0.4 is 0 Å². The van der Waals surface area contributed by atoms with Crippen LogP contribution in [0.2, 0.25) is 0 Å². The number of nitriles is 1. The Morgan fingerprint density at radius 3 is 2.82 bits per heavy atom. The fraction of sp³-hybridized carbons (Fsp3) is 0.500. The van der Waals surface area contributed by atoms with Crippen LogP contribution in [0.3, 0.4) is 0 Å². The summed E-state index contributed by atoms with van der Waals surface area (Å²) >= 11 is 0. The Balaban J connectivity index is 2.45. The van der Waals surface area contributed by atoms with E-state index in [1.807, 2.05) is 17.8 Å². The van der Waals surface area contributed by atoms with E-state index in [1.54, 1.807) is 6.20 Å². The zero-order valence-corrected chi connectivity index (χ0v) is 6.41. The van der Waals surface area contributed by atoms with Gasteiger partial charge in [-0.3, -0.25) is 0 Å². The molecule has 1 aromatic rings. The Labute approximate surface area is 65.3 Å². The molecule has 3 nitrogen and oxygen atoms in total. The summed E-state index contributed by atoms with van der Waals surface area (Å²) in [5.74, 6) is 0.917. The van der Waals surface area contributed by atoms with Gasteiger partial charge in [-0.15, -0.1) is 0 Å². The van der Waals surface area contributed by atoms with Crippen molar-refractivity contribution in [1.82, 2.24) is 9.55 Å². The summed E-state index contributed by atoms with van der Waals surface area (Å²) in [7, 11) is 1.93. The van der Waals surface area contributed by atoms with Gasteiger partial charge < -0.3 is 4.57 Å². The molecule has 0 aliphatic heterocycles. The third kappa shape index (κ3) is 0.758. The Kier molecular flexibility index (Phi) is 1.08. The van der Waals surface area contributed by atoms with Crippen LogP contribution in [0.15, 0.2) is 12.4 Å². The highest BCUT2D eigenvalue weighted by molar-refractivity contribution is 5.29. The molecule has 1 fully saturated rings. The Hall–Kier alpha value is -1.30. The summed E-state index contributed by atoms with van der Waals surface area (Å²) in [5, 5.41) is 8.85. The van der Waals surface area contributed by atoms with E-state index in [-0.39, 0.29) is 5.41 Å².